The van der Waals surface area contributed by atoms with E-state index in [0.29, 0.717) is 19.0 Å². The number of nitrogens with one attached hydrogen (secondary N) is 2. The molecule has 4 N–H and O–H groups in total. The van der Waals surface area contributed by atoms with Crippen LogP contribution < -0.4 is 16.4 Å². The Kier molecular flexibility index (Phi) is 5.84. The van der Waals surface area contributed by atoms with Crippen LogP contribution >= 0.6 is 0 Å². The van der Waals surface area contributed by atoms with Crippen LogP contribution in [0.2, 0.25) is 0 Å². The maximum absolute atomic E-state index is 5.44. The summed E-state index contributed by atoms with van der Waals surface area (Å²) in [6.45, 7) is 5.74. The van der Waals surface area contributed by atoms with Crippen molar-refractivity contribution in [3.63, 3.8) is 0 Å². The van der Waals surface area contributed by atoms with Crippen molar-refractivity contribution in [1.29, 1.82) is 0 Å². The SMILES string of the molecule is NCCNc1nccc(NCCN2CCCCC2)n1. The van der Waals surface area contributed by atoms with E-state index in [4.69, 9.17) is 5.73 Å². The van der Waals surface area contributed by atoms with E-state index >= 15 is 0 Å². The molecule has 6 heteroatoms. The summed E-state index contributed by atoms with van der Waals surface area (Å²) in [7, 11) is 0. The number of anilines is 2. The molecule has 0 aliphatic carbocycles. The minimum Gasteiger partial charge on any atom is -0.369 e. The number of hydrogen-bond donors (Lipinski definition) is 3. The molecule has 0 spiro atoms. The molecule has 0 radical (unpaired) electrons. The molecule has 0 aromatic carbocycles. The lowest BCUT2D eigenvalue weighted by Crippen LogP contribution is -2.33. The molecule has 0 atom stereocenters. The van der Waals surface area contributed by atoms with Gasteiger partial charge in [0.2, 0.25) is 5.95 Å². The molecule has 1 saturated heterocycles. The summed E-state index contributed by atoms with van der Waals surface area (Å²) in [5.41, 5.74) is 5.44. The van der Waals surface area contributed by atoms with Gasteiger partial charge in [-0.1, -0.05) is 6.42 Å². The van der Waals surface area contributed by atoms with E-state index in [1.54, 1.807) is 6.20 Å². The minimum absolute atomic E-state index is 0.579. The largest absolute Gasteiger partial charge is 0.369 e. The molecule has 0 amide bonds. The third-order valence-corrected chi connectivity index (χ3v) is 3.27. The first-order chi connectivity index (χ1) is 9.38. The summed E-state index contributed by atoms with van der Waals surface area (Å²) in [5.74, 6) is 1.50. The van der Waals surface area contributed by atoms with Gasteiger partial charge in [0, 0.05) is 32.4 Å². The quantitative estimate of drug-likeness (QED) is 0.674. The van der Waals surface area contributed by atoms with E-state index in [2.05, 4.69) is 25.5 Å². The molecule has 0 saturated carbocycles. The molecule has 0 bridgehead atoms. The average Bonchev–Trinajstić information content (AvgIpc) is 2.47. The highest BCUT2D eigenvalue weighted by Crippen LogP contribution is 2.08. The normalized spacial score (nSPS) is 16.3. The van der Waals surface area contributed by atoms with Gasteiger partial charge in [0.15, 0.2) is 0 Å². The Labute approximate surface area is 114 Å². The van der Waals surface area contributed by atoms with E-state index < -0.39 is 0 Å². The Morgan fingerprint density at radius 2 is 2.00 bits per heavy atom. The van der Waals surface area contributed by atoms with E-state index in [1.165, 1.54) is 32.4 Å². The van der Waals surface area contributed by atoms with Crippen molar-refractivity contribution in [1.82, 2.24) is 14.9 Å². The van der Waals surface area contributed by atoms with Gasteiger partial charge in [-0.25, -0.2) is 4.98 Å². The lowest BCUT2D eigenvalue weighted by molar-refractivity contribution is 0.237. The zero-order valence-corrected chi connectivity index (χ0v) is 11.4. The zero-order valence-electron chi connectivity index (χ0n) is 11.4. The number of hydrogen-bond acceptors (Lipinski definition) is 6. The first kappa shape index (κ1) is 14.0. The van der Waals surface area contributed by atoms with Crippen LogP contribution in [-0.4, -0.2) is 54.1 Å². The number of nitrogens with zero attached hydrogens (tertiary/aromatic N) is 3. The van der Waals surface area contributed by atoms with Crippen molar-refractivity contribution < 1.29 is 0 Å². The molecule has 106 valence electrons. The number of rotatable bonds is 7. The molecular weight excluding hydrogens is 240 g/mol. The third kappa shape index (κ3) is 5.00. The lowest BCUT2D eigenvalue weighted by atomic mass is 10.1. The molecule has 1 aliphatic rings. The van der Waals surface area contributed by atoms with Crippen molar-refractivity contribution in [3.8, 4) is 0 Å². The second-order valence-electron chi connectivity index (χ2n) is 4.81. The molecular formula is C13H24N6. The van der Waals surface area contributed by atoms with Gasteiger partial charge in [0.1, 0.15) is 5.82 Å². The molecule has 2 rings (SSSR count). The highest BCUT2D eigenvalue weighted by Gasteiger charge is 2.09. The first-order valence-electron chi connectivity index (χ1n) is 7.12. The summed E-state index contributed by atoms with van der Waals surface area (Å²) in [6.07, 6.45) is 5.81. The third-order valence-electron chi connectivity index (χ3n) is 3.27. The zero-order chi connectivity index (χ0) is 13.3. The summed E-state index contributed by atoms with van der Waals surface area (Å²) in [4.78, 5) is 11.0. The molecule has 19 heavy (non-hydrogen) atoms. The predicted octanol–water partition coefficient (Wildman–Crippen LogP) is 0.745. The molecule has 2 heterocycles. The van der Waals surface area contributed by atoms with E-state index in [-0.39, 0.29) is 0 Å². The Balaban J connectivity index is 1.72. The standard InChI is InChI=1S/C13H24N6/c14-5-7-17-13-16-6-4-12(18-13)15-8-11-19-9-2-1-3-10-19/h4,6H,1-3,5,7-11,14H2,(H2,15,16,17,18). The highest BCUT2D eigenvalue weighted by molar-refractivity contribution is 5.39. The minimum atomic E-state index is 0.579. The van der Waals surface area contributed by atoms with Crippen LogP contribution in [-0.2, 0) is 0 Å². The van der Waals surface area contributed by atoms with Gasteiger partial charge in [-0.2, -0.15) is 4.98 Å². The van der Waals surface area contributed by atoms with Crippen LogP contribution in [0, 0.1) is 0 Å². The Morgan fingerprint density at radius 3 is 2.79 bits per heavy atom. The number of likely N-dealkylation sites (tertiary alicyclic amines) is 1. The number of aromatic nitrogens is 2. The second-order valence-corrected chi connectivity index (χ2v) is 4.81. The molecule has 6 nitrogen and oxygen atoms in total. The number of piperidine rings is 1. The van der Waals surface area contributed by atoms with Crippen LogP contribution in [0.25, 0.3) is 0 Å². The van der Waals surface area contributed by atoms with Gasteiger partial charge in [-0.05, 0) is 32.0 Å². The average molecular weight is 264 g/mol. The predicted molar refractivity (Wildman–Crippen MR) is 78.4 cm³/mol. The monoisotopic (exact) mass is 264 g/mol. The first-order valence-corrected chi connectivity index (χ1v) is 7.12. The molecule has 1 aliphatic heterocycles. The fourth-order valence-electron chi connectivity index (χ4n) is 2.25. The van der Waals surface area contributed by atoms with Gasteiger partial charge >= 0.3 is 0 Å². The smallest absolute Gasteiger partial charge is 0.224 e. The van der Waals surface area contributed by atoms with E-state index in [1.807, 2.05) is 6.07 Å². The van der Waals surface area contributed by atoms with Crippen molar-refractivity contribution in [2.75, 3.05) is 49.9 Å². The van der Waals surface area contributed by atoms with Crippen LogP contribution in [0.3, 0.4) is 0 Å². The Morgan fingerprint density at radius 1 is 1.16 bits per heavy atom. The highest BCUT2D eigenvalue weighted by atomic mass is 15.2. The molecule has 1 aromatic heterocycles. The maximum Gasteiger partial charge on any atom is 0.224 e. The van der Waals surface area contributed by atoms with E-state index in [0.717, 1.165) is 18.9 Å². The molecule has 1 fully saturated rings. The van der Waals surface area contributed by atoms with Crippen LogP contribution in [0.15, 0.2) is 12.3 Å². The lowest BCUT2D eigenvalue weighted by Gasteiger charge is -2.26. The van der Waals surface area contributed by atoms with Gasteiger partial charge in [-0.15, -0.1) is 0 Å². The van der Waals surface area contributed by atoms with Crippen molar-refractivity contribution >= 4 is 11.8 Å². The molecule has 1 aromatic rings. The van der Waals surface area contributed by atoms with Crippen LogP contribution in [0.1, 0.15) is 19.3 Å². The maximum atomic E-state index is 5.44. The van der Waals surface area contributed by atoms with Crippen LogP contribution in [0.5, 0.6) is 0 Å². The van der Waals surface area contributed by atoms with Gasteiger partial charge < -0.3 is 21.3 Å². The second kappa shape index (κ2) is 7.91. The van der Waals surface area contributed by atoms with Gasteiger partial charge in [0.05, 0.1) is 0 Å². The fraction of sp³-hybridized carbons (Fsp3) is 0.692. The van der Waals surface area contributed by atoms with E-state index in [9.17, 15) is 0 Å². The fourth-order valence-corrected chi connectivity index (χ4v) is 2.25. The number of nitrogens with two attached hydrogens (primary N) is 1. The van der Waals surface area contributed by atoms with Crippen molar-refractivity contribution in [2.24, 2.45) is 5.73 Å². The van der Waals surface area contributed by atoms with Crippen molar-refractivity contribution in [3.05, 3.63) is 12.3 Å². The Hall–Kier alpha value is -1.40. The topological polar surface area (TPSA) is 79.1 Å². The summed E-state index contributed by atoms with van der Waals surface area (Å²) in [5, 5.41) is 6.42. The van der Waals surface area contributed by atoms with Gasteiger partial charge in [0.25, 0.3) is 0 Å². The van der Waals surface area contributed by atoms with Gasteiger partial charge in [-0.3, -0.25) is 0 Å². The Bertz CT molecular complexity index is 364. The molecule has 0 unspecified atom stereocenters. The summed E-state index contributed by atoms with van der Waals surface area (Å²) < 4.78 is 0. The summed E-state index contributed by atoms with van der Waals surface area (Å²) >= 11 is 0. The van der Waals surface area contributed by atoms with Crippen LogP contribution in [0.4, 0.5) is 11.8 Å². The summed E-state index contributed by atoms with van der Waals surface area (Å²) in [6, 6.07) is 1.89. The van der Waals surface area contributed by atoms with Crippen molar-refractivity contribution in [2.45, 2.75) is 19.3 Å².